The van der Waals surface area contributed by atoms with Crippen LogP contribution in [0.5, 0.6) is 0 Å². The Morgan fingerprint density at radius 3 is 2.60 bits per heavy atom. The highest BCUT2D eigenvalue weighted by atomic mass is 35.5. The summed E-state index contributed by atoms with van der Waals surface area (Å²) >= 11 is 5.69. The van der Waals surface area contributed by atoms with Crippen molar-refractivity contribution in [3.05, 3.63) is 27.6 Å². The van der Waals surface area contributed by atoms with E-state index in [0.717, 1.165) is 37.9 Å². The van der Waals surface area contributed by atoms with E-state index in [-0.39, 0.29) is 29.1 Å². The first-order valence-electron chi connectivity index (χ1n) is 6.47. The minimum Gasteiger partial charge on any atom is -0.395 e. The first-order valence-corrected chi connectivity index (χ1v) is 8.29. The van der Waals surface area contributed by atoms with Gasteiger partial charge in [0.1, 0.15) is 5.02 Å². The van der Waals surface area contributed by atoms with E-state index in [4.69, 9.17) is 16.7 Å². The van der Waals surface area contributed by atoms with Crippen molar-refractivity contribution >= 4 is 21.6 Å². The first-order chi connectivity index (χ1) is 9.46. The summed E-state index contributed by atoms with van der Waals surface area (Å²) in [4.78, 5) is 13.5. The Morgan fingerprint density at radius 1 is 1.40 bits per heavy atom. The summed E-state index contributed by atoms with van der Waals surface area (Å²) in [5, 5.41) is 8.95. The molecule has 1 aromatic heterocycles. The summed E-state index contributed by atoms with van der Waals surface area (Å²) in [6.07, 6.45) is 4.68. The molecule has 1 heterocycles. The Balaban J connectivity index is 2.38. The first kappa shape index (κ1) is 15.5. The minimum absolute atomic E-state index is 0.0454. The summed E-state index contributed by atoms with van der Waals surface area (Å²) in [7, 11) is -3.77. The normalized spacial score (nSPS) is 16.9. The molecule has 1 aliphatic carbocycles. The van der Waals surface area contributed by atoms with E-state index in [1.807, 2.05) is 0 Å². The van der Waals surface area contributed by atoms with Crippen molar-refractivity contribution < 1.29 is 13.5 Å². The molecule has 1 aliphatic rings. The zero-order valence-corrected chi connectivity index (χ0v) is 12.5. The van der Waals surface area contributed by atoms with Crippen LogP contribution in [0.4, 0.5) is 0 Å². The molecule has 0 spiro atoms. The third-order valence-corrected chi connectivity index (χ3v) is 5.70. The lowest BCUT2D eigenvalue weighted by molar-refractivity contribution is 0.226. The highest BCUT2D eigenvalue weighted by Crippen LogP contribution is 2.28. The van der Waals surface area contributed by atoms with Gasteiger partial charge >= 0.3 is 0 Å². The third-order valence-electron chi connectivity index (χ3n) is 3.49. The van der Waals surface area contributed by atoms with Gasteiger partial charge in [-0.1, -0.05) is 24.4 Å². The van der Waals surface area contributed by atoms with Crippen LogP contribution in [0, 0.1) is 0 Å². The van der Waals surface area contributed by atoms with Gasteiger partial charge in [0.05, 0.1) is 11.5 Å². The van der Waals surface area contributed by atoms with Gasteiger partial charge in [-0.25, -0.2) is 8.42 Å². The number of sulfonamides is 1. The summed E-state index contributed by atoms with van der Waals surface area (Å²) < 4.78 is 26.5. The predicted octanol–water partition coefficient (Wildman–Crippen LogP) is 0.954. The molecule has 0 aromatic carbocycles. The number of nitrogens with one attached hydrogen (secondary N) is 1. The SMILES string of the molecule is O=c1[nH]cc(S(=O)(=O)N(CCO)C2CCCC2)cc1Cl. The highest BCUT2D eigenvalue weighted by molar-refractivity contribution is 7.89. The molecule has 0 aliphatic heterocycles. The molecule has 0 amide bonds. The van der Waals surface area contributed by atoms with Crippen LogP contribution in [0.3, 0.4) is 0 Å². The number of H-pyrrole nitrogens is 1. The molecule has 1 aromatic rings. The number of hydrogen-bond acceptors (Lipinski definition) is 4. The van der Waals surface area contributed by atoms with E-state index < -0.39 is 15.6 Å². The lowest BCUT2D eigenvalue weighted by Crippen LogP contribution is -2.40. The van der Waals surface area contributed by atoms with Crippen LogP contribution < -0.4 is 5.56 Å². The molecular formula is C12H17ClN2O4S. The second-order valence-corrected chi connectivity index (χ2v) is 7.09. The second-order valence-electron chi connectivity index (χ2n) is 4.79. The largest absolute Gasteiger partial charge is 0.395 e. The van der Waals surface area contributed by atoms with Crippen molar-refractivity contribution in [3.8, 4) is 0 Å². The van der Waals surface area contributed by atoms with Gasteiger partial charge in [-0.05, 0) is 18.9 Å². The van der Waals surface area contributed by atoms with Gasteiger partial charge in [0, 0.05) is 18.8 Å². The number of aliphatic hydroxyl groups excluding tert-OH is 1. The van der Waals surface area contributed by atoms with Gasteiger partial charge in [0.25, 0.3) is 5.56 Å². The summed E-state index contributed by atoms with van der Waals surface area (Å²) in [6.45, 7) is -0.198. The maximum atomic E-state index is 12.6. The zero-order valence-electron chi connectivity index (χ0n) is 10.9. The van der Waals surface area contributed by atoms with E-state index in [0.29, 0.717) is 0 Å². The number of rotatable bonds is 5. The average molecular weight is 321 g/mol. The minimum atomic E-state index is -3.77. The van der Waals surface area contributed by atoms with Crippen LogP contribution in [-0.2, 0) is 10.0 Å². The average Bonchev–Trinajstić information content (AvgIpc) is 2.92. The Morgan fingerprint density at radius 2 is 2.05 bits per heavy atom. The summed E-state index contributed by atoms with van der Waals surface area (Å²) in [5.41, 5.74) is -0.528. The van der Waals surface area contributed by atoms with E-state index in [1.165, 1.54) is 4.31 Å². The Labute approximate surface area is 122 Å². The lowest BCUT2D eigenvalue weighted by atomic mass is 10.2. The third kappa shape index (κ3) is 3.06. The van der Waals surface area contributed by atoms with E-state index in [9.17, 15) is 13.2 Å². The molecule has 0 unspecified atom stereocenters. The maximum Gasteiger partial charge on any atom is 0.266 e. The van der Waals surface area contributed by atoms with Crippen LogP contribution in [0.2, 0.25) is 5.02 Å². The topological polar surface area (TPSA) is 90.5 Å². The van der Waals surface area contributed by atoms with Crippen molar-refractivity contribution in [2.24, 2.45) is 0 Å². The molecule has 0 atom stereocenters. The van der Waals surface area contributed by atoms with E-state index in [1.54, 1.807) is 0 Å². The van der Waals surface area contributed by atoms with Gasteiger partial charge in [-0.3, -0.25) is 4.79 Å². The van der Waals surface area contributed by atoms with Gasteiger partial charge in [-0.2, -0.15) is 4.31 Å². The van der Waals surface area contributed by atoms with Crippen LogP contribution in [0.15, 0.2) is 22.0 Å². The number of aromatic nitrogens is 1. The Kier molecular flexibility index (Phi) is 4.85. The maximum absolute atomic E-state index is 12.6. The van der Waals surface area contributed by atoms with Crippen LogP contribution >= 0.6 is 11.6 Å². The number of halogens is 1. The molecule has 0 radical (unpaired) electrons. The van der Waals surface area contributed by atoms with Crippen LogP contribution in [-0.4, -0.2) is 42.0 Å². The Hall–Kier alpha value is -0.890. The van der Waals surface area contributed by atoms with Crippen molar-refractivity contribution in [2.45, 2.75) is 36.6 Å². The summed E-state index contributed by atoms with van der Waals surface area (Å²) in [6, 6.07) is 1.05. The number of aromatic amines is 1. The van der Waals surface area contributed by atoms with Gasteiger partial charge in [-0.15, -0.1) is 0 Å². The number of aliphatic hydroxyl groups is 1. The second kappa shape index (κ2) is 6.26. The number of nitrogens with zero attached hydrogens (tertiary/aromatic N) is 1. The molecule has 20 heavy (non-hydrogen) atoms. The van der Waals surface area contributed by atoms with Crippen molar-refractivity contribution in [1.82, 2.24) is 9.29 Å². The quantitative estimate of drug-likeness (QED) is 0.845. The Bertz CT molecular complexity index is 623. The fourth-order valence-electron chi connectivity index (χ4n) is 2.51. The standard InChI is InChI=1S/C12H17ClN2O4S/c13-11-7-10(8-14-12(11)17)20(18,19)15(5-6-16)9-3-1-2-4-9/h7-9,16H,1-6H2,(H,14,17). The molecule has 0 saturated heterocycles. The molecule has 2 rings (SSSR count). The number of hydrogen-bond donors (Lipinski definition) is 2. The van der Waals surface area contributed by atoms with Crippen LogP contribution in [0.25, 0.3) is 0 Å². The van der Waals surface area contributed by atoms with Crippen LogP contribution in [0.1, 0.15) is 25.7 Å². The molecule has 8 heteroatoms. The number of pyridine rings is 1. The zero-order chi connectivity index (χ0) is 14.8. The van der Waals surface area contributed by atoms with Gasteiger partial charge in [0.2, 0.25) is 10.0 Å². The monoisotopic (exact) mass is 320 g/mol. The molecule has 1 fully saturated rings. The highest BCUT2D eigenvalue weighted by Gasteiger charge is 2.33. The molecule has 112 valence electrons. The molecular weight excluding hydrogens is 304 g/mol. The van der Waals surface area contributed by atoms with Crippen molar-refractivity contribution in [1.29, 1.82) is 0 Å². The molecule has 0 bridgehead atoms. The van der Waals surface area contributed by atoms with Crippen molar-refractivity contribution in [3.63, 3.8) is 0 Å². The molecule has 1 saturated carbocycles. The smallest absolute Gasteiger partial charge is 0.266 e. The fourth-order valence-corrected chi connectivity index (χ4v) is 4.42. The van der Waals surface area contributed by atoms with E-state index >= 15 is 0 Å². The van der Waals surface area contributed by atoms with Crippen molar-refractivity contribution in [2.75, 3.05) is 13.2 Å². The van der Waals surface area contributed by atoms with E-state index in [2.05, 4.69) is 4.98 Å². The fraction of sp³-hybridized carbons (Fsp3) is 0.583. The van der Waals surface area contributed by atoms with Gasteiger partial charge < -0.3 is 10.1 Å². The molecule has 6 nitrogen and oxygen atoms in total. The summed E-state index contributed by atoms with van der Waals surface area (Å²) in [5.74, 6) is 0. The molecule has 2 N–H and O–H groups in total. The lowest BCUT2D eigenvalue weighted by Gasteiger charge is -2.27. The predicted molar refractivity (Wildman–Crippen MR) is 75.3 cm³/mol. The van der Waals surface area contributed by atoms with Gasteiger partial charge in [0.15, 0.2) is 0 Å².